The van der Waals surface area contributed by atoms with Crippen molar-refractivity contribution in [1.82, 2.24) is 4.90 Å². The van der Waals surface area contributed by atoms with Crippen molar-refractivity contribution in [2.45, 2.75) is 19.4 Å². The average Bonchev–Trinajstić information content (AvgIpc) is 2.64. The van der Waals surface area contributed by atoms with Gasteiger partial charge in [0.2, 0.25) is 0 Å². The van der Waals surface area contributed by atoms with E-state index in [1.165, 1.54) is 0 Å². The Morgan fingerprint density at radius 3 is 2.52 bits per heavy atom. The van der Waals surface area contributed by atoms with Crippen LogP contribution in [0.25, 0.3) is 0 Å². The first-order valence-corrected chi connectivity index (χ1v) is 9.24. The molecule has 2 aromatic carbocycles. The molecule has 25 heavy (non-hydrogen) atoms. The van der Waals surface area contributed by atoms with Crippen LogP contribution in [0, 0.1) is 5.92 Å². The Kier molecular flexibility index (Phi) is 5.76. The molecule has 3 rings (SSSR count). The molecule has 132 valence electrons. The second-order valence-corrected chi connectivity index (χ2v) is 7.34. The summed E-state index contributed by atoms with van der Waals surface area (Å²) in [4.78, 5) is 15.0. The predicted octanol–water partition coefficient (Wildman–Crippen LogP) is 4.26. The van der Waals surface area contributed by atoms with Gasteiger partial charge in [-0.2, -0.15) is 0 Å². The fourth-order valence-corrected chi connectivity index (χ4v) is 3.55. The molecule has 1 N–H and O–H groups in total. The van der Waals surface area contributed by atoms with Gasteiger partial charge in [0.05, 0.1) is 7.11 Å². The fourth-order valence-electron chi connectivity index (χ4n) is 3.28. The van der Waals surface area contributed by atoms with E-state index in [9.17, 15) is 9.90 Å². The summed E-state index contributed by atoms with van der Waals surface area (Å²) in [6, 6.07) is 13.1. The van der Waals surface area contributed by atoms with Crippen LogP contribution in [0.15, 0.2) is 46.9 Å². The zero-order chi connectivity index (χ0) is 17.8. The highest BCUT2D eigenvalue weighted by atomic mass is 79.9. The first kappa shape index (κ1) is 18.0. The van der Waals surface area contributed by atoms with E-state index in [2.05, 4.69) is 20.8 Å². The van der Waals surface area contributed by atoms with Gasteiger partial charge in [0.15, 0.2) is 17.3 Å². The molecule has 1 saturated heterocycles. The average molecular weight is 404 g/mol. The Morgan fingerprint density at radius 2 is 1.88 bits per heavy atom. The van der Waals surface area contributed by atoms with Crippen LogP contribution in [0.1, 0.15) is 28.8 Å². The molecule has 4 nitrogen and oxygen atoms in total. The summed E-state index contributed by atoms with van der Waals surface area (Å²) < 4.78 is 6.15. The number of halogens is 1. The number of hydrogen-bond donors (Lipinski definition) is 1. The predicted molar refractivity (Wildman–Crippen MR) is 101 cm³/mol. The van der Waals surface area contributed by atoms with Gasteiger partial charge in [-0.1, -0.05) is 34.1 Å². The van der Waals surface area contributed by atoms with Crippen molar-refractivity contribution in [1.29, 1.82) is 0 Å². The highest BCUT2D eigenvalue weighted by Crippen LogP contribution is 2.28. The molecular weight excluding hydrogens is 382 g/mol. The minimum Gasteiger partial charge on any atom is -0.504 e. The summed E-state index contributed by atoms with van der Waals surface area (Å²) >= 11 is 3.40. The number of likely N-dealkylation sites (tertiary alicyclic amines) is 1. The van der Waals surface area contributed by atoms with Crippen molar-refractivity contribution in [3.8, 4) is 11.5 Å². The van der Waals surface area contributed by atoms with Crippen molar-refractivity contribution in [2.24, 2.45) is 5.92 Å². The molecule has 0 unspecified atom stereocenters. The van der Waals surface area contributed by atoms with E-state index < -0.39 is 0 Å². The van der Waals surface area contributed by atoms with Crippen molar-refractivity contribution in [2.75, 3.05) is 20.2 Å². The van der Waals surface area contributed by atoms with Crippen molar-refractivity contribution in [3.63, 3.8) is 0 Å². The Hall–Kier alpha value is -1.85. The maximum atomic E-state index is 12.6. The Balaban J connectivity index is 1.56. The number of carbonyl (C=O) groups is 1. The number of methoxy groups -OCH3 is 1. The summed E-state index contributed by atoms with van der Waals surface area (Å²) in [5.41, 5.74) is 1.90. The monoisotopic (exact) mass is 403 g/mol. The molecule has 5 heteroatoms. The van der Waals surface area contributed by atoms with E-state index in [-0.39, 0.29) is 17.5 Å². The highest BCUT2D eigenvalue weighted by Gasteiger charge is 2.25. The quantitative estimate of drug-likeness (QED) is 0.757. The molecule has 0 atom stereocenters. The number of ether oxygens (including phenoxy) is 1. The SMILES string of the molecule is COc1cc(CN2CCC(C(=O)c3ccc(Br)cc3)CC2)ccc1O. The summed E-state index contributed by atoms with van der Waals surface area (Å²) in [7, 11) is 1.55. The molecule has 2 aromatic rings. The largest absolute Gasteiger partial charge is 0.504 e. The maximum absolute atomic E-state index is 12.6. The van der Waals surface area contributed by atoms with Gasteiger partial charge in [-0.3, -0.25) is 9.69 Å². The van der Waals surface area contributed by atoms with Gasteiger partial charge in [0.1, 0.15) is 0 Å². The second-order valence-electron chi connectivity index (χ2n) is 6.43. The number of hydrogen-bond acceptors (Lipinski definition) is 4. The van der Waals surface area contributed by atoms with Gasteiger partial charge in [0.25, 0.3) is 0 Å². The van der Waals surface area contributed by atoms with Gasteiger partial charge in [-0.15, -0.1) is 0 Å². The number of Topliss-reactive ketones (excluding diaryl/α,β-unsaturated/α-hetero) is 1. The van der Waals surface area contributed by atoms with Gasteiger partial charge in [0, 0.05) is 22.5 Å². The second kappa shape index (κ2) is 8.02. The first-order valence-electron chi connectivity index (χ1n) is 8.45. The van der Waals surface area contributed by atoms with Crippen LogP contribution in [0.2, 0.25) is 0 Å². The molecule has 1 heterocycles. The van der Waals surface area contributed by atoms with Gasteiger partial charge < -0.3 is 9.84 Å². The summed E-state index contributed by atoms with van der Waals surface area (Å²) in [6.07, 6.45) is 1.76. The maximum Gasteiger partial charge on any atom is 0.166 e. The number of phenols is 1. The lowest BCUT2D eigenvalue weighted by atomic mass is 9.89. The van der Waals surface area contributed by atoms with Gasteiger partial charge in [-0.25, -0.2) is 0 Å². The molecule has 0 aliphatic carbocycles. The number of carbonyl (C=O) groups excluding carboxylic acids is 1. The van der Waals surface area contributed by atoms with E-state index in [4.69, 9.17) is 4.74 Å². The summed E-state index contributed by atoms with van der Waals surface area (Å²) in [6.45, 7) is 2.60. The lowest BCUT2D eigenvalue weighted by Crippen LogP contribution is -2.35. The van der Waals surface area contributed by atoms with Crippen LogP contribution in [-0.2, 0) is 6.54 Å². The molecule has 0 saturated carbocycles. The molecule has 0 amide bonds. The smallest absolute Gasteiger partial charge is 0.166 e. The zero-order valence-electron chi connectivity index (χ0n) is 14.2. The summed E-state index contributed by atoms with van der Waals surface area (Å²) in [5.74, 6) is 1.01. The van der Waals surface area contributed by atoms with Crippen LogP contribution in [0.5, 0.6) is 11.5 Å². The third-order valence-electron chi connectivity index (χ3n) is 4.74. The number of benzene rings is 2. The molecule has 0 spiro atoms. The van der Waals surface area contributed by atoms with E-state index in [0.717, 1.165) is 48.1 Å². The number of rotatable bonds is 5. The molecule has 0 bridgehead atoms. The number of ketones is 1. The van der Waals surface area contributed by atoms with E-state index in [1.54, 1.807) is 13.2 Å². The molecule has 0 radical (unpaired) electrons. The minimum atomic E-state index is 0.103. The molecule has 1 aliphatic heterocycles. The van der Waals surface area contributed by atoms with E-state index in [1.807, 2.05) is 36.4 Å². The van der Waals surface area contributed by atoms with Crippen molar-refractivity contribution < 1.29 is 14.6 Å². The Morgan fingerprint density at radius 1 is 1.20 bits per heavy atom. The zero-order valence-corrected chi connectivity index (χ0v) is 15.8. The van der Waals surface area contributed by atoms with Gasteiger partial charge in [-0.05, 0) is 55.8 Å². The summed E-state index contributed by atoms with van der Waals surface area (Å²) in [5, 5.41) is 9.68. The number of phenolic OH excluding ortho intramolecular Hbond substituents is 1. The van der Waals surface area contributed by atoms with Crippen LogP contribution in [0.3, 0.4) is 0 Å². The Labute approximate surface area is 156 Å². The normalized spacial score (nSPS) is 15.9. The van der Waals surface area contributed by atoms with Crippen molar-refractivity contribution in [3.05, 3.63) is 58.1 Å². The third kappa shape index (κ3) is 4.41. The van der Waals surface area contributed by atoms with E-state index in [0.29, 0.717) is 5.75 Å². The molecule has 1 fully saturated rings. The molecular formula is C20H22BrNO3. The number of piperidine rings is 1. The highest BCUT2D eigenvalue weighted by molar-refractivity contribution is 9.10. The topological polar surface area (TPSA) is 49.8 Å². The van der Waals surface area contributed by atoms with Crippen LogP contribution < -0.4 is 4.74 Å². The van der Waals surface area contributed by atoms with Crippen LogP contribution in [0.4, 0.5) is 0 Å². The number of nitrogens with zero attached hydrogens (tertiary/aromatic N) is 1. The van der Waals surface area contributed by atoms with Crippen LogP contribution >= 0.6 is 15.9 Å². The first-order chi connectivity index (χ1) is 12.1. The molecule has 0 aromatic heterocycles. The lowest BCUT2D eigenvalue weighted by Gasteiger charge is -2.31. The van der Waals surface area contributed by atoms with Gasteiger partial charge >= 0.3 is 0 Å². The van der Waals surface area contributed by atoms with Crippen LogP contribution in [-0.4, -0.2) is 36.0 Å². The standard InChI is InChI=1S/C20H22BrNO3/c1-25-19-12-14(2-7-18(19)23)13-22-10-8-16(9-11-22)20(24)15-3-5-17(21)6-4-15/h2-7,12,16,23H,8-11,13H2,1H3. The molecule has 1 aliphatic rings. The van der Waals surface area contributed by atoms with E-state index >= 15 is 0 Å². The Bertz CT molecular complexity index is 737. The lowest BCUT2D eigenvalue weighted by molar-refractivity contribution is 0.0835. The van der Waals surface area contributed by atoms with Crippen molar-refractivity contribution >= 4 is 21.7 Å². The fraction of sp³-hybridized carbons (Fsp3) is 0.350. The minimum absolute atomic E-state index is 0.103. The third-order valence-corrected chi connectivity index (χ3v) is 5.27. The number of aromatic hydroxyl groups is 1.